The summed E-state index contributed by atoms with van der Waals surface area (Å²) in [6.45, 7) is 2.64. The van der Waals surface area contributed by atoms with E-state index in [1.54, 1.807) is 6.08 Å². The molecule has 0 aliphatic carbocycles. The molecule has 1 amide bonds. The Morgan fingerprint density at radius 3 is 1.31 bits per heavy atom. The van der Waals surface area contributed by atoms with Gasteiger partial charge in [0.2, 0.25) is 5.91 Å². The molecule has 0 radical (unpaired) electrons. The number of rotatable bonds is 48. The van der Waals surface area contributed by atoms with Crippen molar-refractivity contribution in [1.29, 1.82) is 0 Å². The summed E-state index contributed by atoms with van der Waals surface area (Å²) in [7, 11) is 0. The van der Waals surface area contributed by atoms with E-state index < -0.39 is 86.8 Å². The Balaban J connectivity index is 1.67. The first-order valence-corrected chi connectivity index (χ1v) is 31.3. The Morgan fingerprint density at radius 1 is 0.457 bits per heavy atom. The molecule has 14 nitrogen and oxygen atoms in total. The van der Waals surface area contributed by atoms with Gasteiger partial charge in [-0.3, -0.25) is 4.79 Å². The van der Waals surface area contributed by atoms with Gasteiger partial charge in [0.25, 0.3) is 0 Å². The predicted octanol–water partition coefficient (Wildman–Crippen LogP) is 11.4. The van der Waals surface area contributed by atoms with Crippen molar-refractivity contribution >= 4 is 5.91 Å². The zero-order valence-electron chi connectivity index (χ0n) is 49.7. The molecule has 9 N–H and O–H groups in total. The molecule has 2 rings (SSSR count). The van der Waals surface area contributed by atoms with Crippen molar-refractivity contribution in [2.24, 2.45) is 0 Å². The van der Waals surface area contributed by atoms with Crippen molar-refractivity contribution in [3.63, 3.8) is 0 Å². The van der Waals surface area contributed by atoms with Crippen LogP contribution in [-0.2, 0) is 23.7 Å². The minimum Gasteiger partial charge on any atom is -0.394 e. The zero-order valence-corrected chi connectivity index (χ0v) is 49.7. The average molecular weight is 1140 g/mol. The third-order valence-corrected chi connectivity index (χ3v) is 14.4. The number of aliphatic hydroxyl groups excluding tert-OH is 8. The topological polar surface area (TPSA) is 228 Å². The summed E-state index contributed by atoms with van der Waals surface area (Å²) in [5.74, 6) is -0.257. The molecule has 2 fully saturated rings. The maximum absolute atomic E-state index is 13.2. The van der Waals surface area contributed by atoms with Crippen LogP contribution in [0.3, 0.4) is 0 Å². The first-order chi connectivity index (χ1) is 39.6. The van der Waals surface area contributed by atoms with Gasteiger partial charge in [0, 0.05) is 6.42 Å². The normalized spacial score (nSPS) is 25.0. The van der Waals surface area contributed by atoms with Gasteiger partial charge in [-0.2, -0.15) is 0 Å². The number of allylic oxidation sites excluding steroid dienone is 19. The summed E-state index contributed by atoms with van der Waals surface area (Å²) >= 11 is 0. The van der Waals surface area contributed by atoms with Crippen LogP contribution >= 0.6 is 0 Å². The minimum absolute atomic E-state index is 0.257. The highest BCUT2D eigenvalue weighted by Crippen LogP contribution is 2.30. The molecule has 2 aliphatic heterocycles. The summed E-state index contributed by atoms with van der Waals surface area (Å²) in [6.07, 6.45) is 56.7. The van der Waals surface area contributed by atoms with E-state index in [1.807, 2.05) is 6.08 Å². The number of hydrogen-bond donors (Lipinski definition) is 9. The summed E-state index contributed by atoms with van der Waals surface area (Å²) in [6, 6.07) is -0.928. The highest BCUT2D eigenvalue weighted by Gasteiger charge is 2.51. The van der Waals surface area contributed by atoms with E-state index >= 15 is 0 Å². The fourth-order valence-corrected chi connectivity index (χ4v) is 9.40. The second kappa shape index (κ2) is 50.9. The Bertz CT molecular complexity index is 1820. The lowest BCUT2D eigenvalue weighted by atomic mass is 9.97. The third kappa shape index (κ3) is 36.0. The van der Waals surface area contributed by atoms with E-state index in [1.165, 1.54) is 51.4 Å². The van der Waals surface area contributed by atoms with Gasteiger partial charge in [0.15, 0.2) is 12.6 Å². The molecule has 14 heteroatoms. The Labute approximate surface area is 488 Å². The molecule has 0 bridgehead atoms. The molecular formula is C67H111NO13. The number of ether oxygens (including phenoxy) is 4. The van der Waals surface area contributed by atoms with Crippen molar-refractivity contribution < 1.29 is 64.6 Å². The maximum atomic E-state index is 13.2. The van der Waals surface area contributed by atoms with Gasteiger partial charge in [-0.15, -0.1) is 0 Å². The van der Waals surface area contributed by atoms with Crippen LogP contribution in [0, 0.1) is 0 Å². The second-order valence-corrected chi connectivity index (χ2v) is 21.5. The molecule has 0 aromatic carbocycles. The van der Waals surface area contributed by atoms with Gasteiger partial charge < -0.3 is 65.1 Å². The SMILES string of the molecule is CC/C=C\C/C=C\C/C=C\C/C=C\C/C=C\C/C=C\C/C=C\C/C=C\C/C=C\CCCCCCCCCC(=O)NC(COC1OC(CO)C(OC2OC(CO)C(O)C(O)C2O)C(O)C1O)C(O)/C=C/CCCCCCCCCCCC. The zero-order chi connectivity index (χ0) is 58.8. The molecular weight excluding hydrogens is 1030 g/mol. The van der Waals surface area contributed by atoms with Gasteiger partial charge in [-0.1, -0.05) is 225 Å². The molecule has 12 atom stereocenters. The monoisotopic (exact) mass is 1140 g/mol. The highest BCUT2D eigenvalue weighted by atomic mass is 16.7. The largest absolute Gasteiger partial charge is 0.394 e. The fraction of sp³-hybridized carbons (Fsp3) is 0.687. The first kappa shape index (κ1) is 73.5. The molecule has 0 aromatic heterocycles. The summed E-state index contributed by atoms with van der Waals surface area (Å²) < 4.78 is 22.7. The summed E-state index contributed by atoms with van der Waals surface area (Å²) in [5.41, 5.74) is 0. The molecule has 0 spiro atoms. The number of unbranched alkanes of at least 4 members (excludes halogenated alkanes) is 17. The van der Waals surface area contributed by atoms with Gasteiger partial charge >= 0.3 is 0 Å². The number of hydrogen-bond acceptors (Lipinski definition) is 13. The van der Waals surface area contributed by atoms with E-state index in [0.717, 1.165) is 122 Å². The lowest BCUT2D eigenvalue weighted by Gasteiger charge is -2.46. The number of aliphatic hydroxyl groups is 8. The van der Waals surface area contributed by atoms with Crippen LogP contribution in [0.1, 0.15) is 200 Å². The minimum atomic E-state index is -1.79. The Kier molecular flexibility index (Phi) is 46.1. The van der Waals surface area contributed by atoms with Crippen molar-refractivity contribution in [1.82, 2.24) is 5.32 Å². The maximum Gasteiger partial charge on any atom is 0.220 e. The molecule has 2 aliphatic rings. The van der Waals surface area contributed by atoms with Crippen molar-refractivity contribution in [2.45, 2.75) is 274 Å². The second-order valence-electron chi connectivity index (χ2n) is 21.5. The number of nitrogens with one attached hydrogen (secondary N) is 1. The molecule has 462 valence electrons. The van der Waals surface area contributed by atoms with Crippen molar-refractivity contribution in [3.05, 3.63) is 122 Å². The fourth-order valence-electron chi connectivity index (χ4n) is 9.40. The summed E-state index contributed by atoms with van der Waals surface area (Å²) in [4.78, 5) is 13.2. The van der Waals surface area contributed by atoms with Crippen LogP contribution in [0.25, 0.3) is 0 Å². The molecule has 12 unspecified atom stereocenters. The Hall–Kier alpha value is -3.61. The van der Waals surface area contributed by atoms with Crippen LogP contribution in [-0.4, -0.2) is 140 Å². The average Bonchev–Trinajstić information content (AvgIpc) is 3.46. The quantitative estimate of drug-likeness (QED) is 0.0204. The van der Waals surface area contributed by atoms with Crippen LogP contribution < -0.4 is 5.32 Å². The van der Waals surface area contributed by atoms with E-state index in [2.05, 4.69) is 129 Å². The van der Waals surface area contributed by atoms with Crippen molar-refractivity contribution in [3.8, 4) is 0 Å². The van der Waals surface area contributed by atoms with Gasteiger partial charge in [-0.25, -0.2) is 0 Å². The van der Waals surface area contributed by atoms with Crippen LogP contribution in [0.2, 0.25) is 0 Å². The van der Waals surface area contributed by atoms with Gasteiger partial charge in [0.05, 0.1) is 32.0 Å². The molecule has 2 heterocycles. The molecule has 81 heavy (non-hydrogen) atoms. The number of carbonyl (C=O) groups excluding carboxylic acids is 1. The first-order valence-electron chi connectivity index (χ1n) is 31.3. The van der Waals surface area contributed by atoms with Crippen LogP contribution in [0.5, 0.6) is 0 Å². The van der Waals surface area contributed by atoms with E-state index in [-0.39, 0.29) is 18.9 Å². The van der Waals surface area contributed by atoms with Gasteiger partial charge in [-0.05, 0) is 89.9 Å². The lowest BCUT2D eigenvalue weighted by Crippen LogP contribution is -2.65. The molecule has 2 saturated heterocycles. The lowest BCUT2D eigenvalue weighted by molar-refractivity contribution is -0.359. The Morgan fingerprint density at radius 2 is 0.852 bits per heavy atom. The van der Waals surface area contributed by atoms with Crippen LogP contribution in [0.15, 0.2) is 122 Å². The van der Waals surface area contributed by atoms with E-state index in [4.69, 9.17) is 18.9 Å². The van der Waals surface area contributed by atoms with E-state index in [0.29, 0.717) is 6.42 Å². The highest BCUT2D eigenvalue weighted by molar-refractivity contribution is 5.76. The molecule has 0 saturated carbocycles. The number of carbonyl (C=O) groups is 1. The van der Waals surface area contributed by atoms with Crippen molar-refractivity contribution in [2.75, 3.05) is 19.8 Å². The molecule has 0 aromatic rings. The van der Waals surface area contributed by atoms with E-state index in [9.17, 15) is 45.6 Å². The van der Waals surface area contributed by atoms with Gasteiger partial charge in [0.1, 0.15) is 48.8 Å². The smallest absolute Gasteiger partial charge is 0.220 e. The van der Waals surface area contributed by atoms with Crippen LogP contribution in [0.4, 0.5) is 0 Å². The standard InChI is InChI=1S/C67H111NO13/c1-3-5-7-9-11-13-15-17-18-19-20-21-22-23-24-25-26-27-28-29-30-31-32-33-34-35-36-37-38-39-41-43-45-47-49-51-59(72)68-55(56(71)50-48-46-44-42-40-16-14-12-10-8-6-4-2)54-78-66-64(77)62(75)65(58(53-70)80-66)81-67-63(76)61(74)60(73)57(52-69)79-67/h5,7,11,13,17-18,20-21,23-24,26-27,29-30,32-33,35-36,48,50,55-58,60-67,69-71,73-77H,3-4,6,8-10,12,14-16,19,22,25,28,31,34,37-47,49,51-54H2,1-2H3,(H,68,72)/b7-5-,13-11-,18-17-,21-20-,24-23-,27-26-,30-29-,33-32-,36-35-,50-48+. The predicted molar refractivity (Wildman–Crippen MR) is 327 cm³/mol. The summed E-state index contributed by atoms with van der Waals surface area (Å²) in [5, 5.41) is 87.0. The third-order valence-electron chi connectivity index (χ3n) is 14.4. The number of amides is 1.